The van der Waals surface area contributed by atoms with E-state index in [0.717, 1.165) is 25.2 Å². The van der Waals surface area contributed by atoms with Crippen LogP contribution in [-0.2, 0) is 13.1 Å². The van der Waals surface area contributed by atoms with E-state index in [-0.39, 0.29) is 5.91 Å². The van der Waals surface area contributed by atoms with Crippen molar-refractivity contribution in [3.63, 3.8) is 0 Å². The van der Waals surface area contributed by atoms with E-state index < -0.39 is 0 Å². The molecule has 2 aromatic carbocycles. The zero-order valence-electron chi connectivity index (χ0n) is 15.5. The highest BCUT2D eigenvalue weighted by Gasteiger charge is 2.20. The van der Waals surface area contributed by atoms with Crippen molar-refractivity contribution in [3.05, 3.63) is 59.2 Å². The number of nitrogens with zero attached hydrogens (tertiary/aromatic N) is 1. The second-order valence-corrected chi connectivity index (χ2v) is 6.24. The quantitative estimate of drug-likeness (QED) is 0.829. The molecule has 26 heavy (non-hydrogen) atoms. The molecule has 0 spiro atoms. The van der Waals surface area contributed by atoms with E-state index in [2.05, 4.69) is 36.2 Å². The van der Waals surface area contributed by atoms with Crippen LogP contribution in [-0.4, -0.2) is 37.1 Å². The third-order valence-electron chi connectivity index (χ3n) is 4.66. The predicted octanol–water partition coefficient (Wildman–Crippen LogP) is 3.23. The first-order valence-corrected chi connectivity index (χ1v) is 9.18. The Morgan fingerprint density at radius 2 is 1.73 bits per heavy atom. The summed E-state index contributed by atoms with van der Waals surface area (Å²) >= 11 is 0. The number of hydrogen-bond acceptors (Lipinski definition) is 4. The van der Waals surface area contributed by atoms with Crippen LogP contribution in [0.5, 0.6) is 11.5 Å². The number of ether oxygens (including phenoxy) is 2. The van der Waals surface area contributed by atoms with E-state index in [1.54, 1.807) is 6.07 Å². The molecule has 1 aliphatic rings. The van der Waals surface area contributed by atoms with Crippen molar-refractivity contribution in [2.45, 2.75) is 26.9 Å². The minimum atomic E-state index is -0.148. The maximum absolute atomic E-state index is 12.7. The van der Waals surface area contributed by atoms with Crippen molar-refractivity contribution >= 4 is 5.91 Å². The van der Waals surface area contributed by atoms with E-state index >= 15 is 0 Å². The standard InChI is InChI=1S/C21H26N2O3/c1-3-23(4-2)15-17-9-6-5-8-16(17)14-22-21(24)18-10-7-11-19-20(18)26-13-12-25-19/h5-11H,3-4,12-15H2,1-2H3,(H,22,24). The highest BCUT2D eigenvalue weighted by molar-refractivity contribution is 5.97. The van der Waals surface area contributed by atoms with Crippen molar-refractivity contribution in [3.8, 4) is 11.5 Å². The summed E-state index contributed by atoms with van der Waals surface area (Å²) < 4.78 is 11.2. The molecule has 5 heteroatoms. The Morgan fingerprint density at radius 3 is 2.50 bits per heavy atom. The molecular formula is C21H26N2O3. The molecule has 0 atom stereocenters. The Balaban J connectivity index is 1.71. The van der Waals surface area contributed by atoms with Gasteiger partial charge in [0, 0.05) is 13.1 Å². The summed E-state index contributed by atoms with van der Waals surface area (Å²) in [6, 6.07) is 13.7. The Bertz CT molecular complexity index is 757. The summed E-state index contributed by atoms with van der Waals surface area (Å²) in [5, 5.41) is 3.02. The van der Waals surface area contributed by atoms with E-state index in [0.29, 0.717) is 36.8 Å². The summed E-state index contributed by atoms with van der Waals surface area (Å²) in [6.07, 6.45) is 0. The summed E-state index contributed by atoms with van der Waals surface area (Å²) in [4.78, 5) is 15.0. The SMILES string of the molecule is CCN(CC)Cc1ccccc1CNC(=O)c1cccc2c1OCCO2. The molecule has 0 fully saturated rings. The van der Waals surface area contributed by atoms with Crippen molar-refractivity contribution < 1.29 is 14.3 Å². The van der Waals surface area contributed by atoms with Crippen LogP contribution in [0.15, 0.2) is 42.5 Å². The summed E-state index contributed by atoms with van der Waals surface area (Å²) in [5.74, 6) is 1.02. The fraction of sp³-hybridized carbons (Fsp3) is 0.381. The summed E-state index contributed by atoms with van der Waals surface area (Å²) in [7, 11) is 0. The van der Waals surface area contributed by atoms with Crippen molar-refractivity contribution in [2.24, 2.45) is 0 Å². The molecule has 0 bridgehead atoms. The molecule has 3 rings (SSSR count). The van der Waals surface area contributed by atoms with Gasteiger partial charge in [0.05, 0.1) is 5.56 Å². The normalized spacial score (nSPS) is 12.9. The highest BCUT2D eigenvalue weighted by Crippen LogP contribution is 2.33. The molecule has 0 aromatic heterocycles. The van der Waals surface area contributed by atoms with Gasteiger partial charge in [0.25, 0.3) is 5.91 Å². The van der Waals surface area contributed by atoms with Crippen molar-refractivity contribution in [1.29, 1.82) is 0 Å². The molecule has 1 N–H and O–H groups in total. The van der Waals surface area contributed by atoms with Crippen LogP contribution in [0.3, 0.4) is 0 Å². The highest BCUT2D eigenvalue weighted by atomic mass is 16.6. The molecule has 0 unspecified atom stereocenters. The van der Waals surface area contributed by atoms with Gasteiger partial charge in [0.1, 0.15) is 13.2 Å². The number of carbonyl (C=O) groups excluding carboxylic acids is 1. The molecule has 0 saturated heterocycles. The van der Waals surface area contributed by atoms with Crippen LogP contribution < -0.4 is 14.8 Å². The van der Waals surface area contributed by atoms with Gasteiger partial charge in [-0.3, -0.25) is 9.69 Å². The molecule has 1 amide bonds. The van der Waals surface area contributed by atoms with Crippen LogP contribution in [0.1, 0.15) is 35.3 Å². The number of rotatable bonds is 7. The van der Waals surface area contributed by atoms with E-state index in [9.17, 15) is 4.79 Å². The molecule has 2 aromatic rings. The molecule has 5 nitrogen and oxygen atoms in total. The van der Waals surface area contributed by atoms with E-state index in [1.165, 1.54) is 5.56 Å². The monoisotopic (exact) mass is 354 g/mol. The molecule has 1 aliphatic heterocycles. The van der Waals surface area contributed by atoms with Crippen LogP contribution in [0.25, 0.3) is 0 Å². The average Bonchev–Trinajstić information content (AvgIpc) is 2.70. The first-order valence-electron chi connectivity index (χ1n) is 9.18. The van der Waals surface area contributed by atoms with Crippen LogP contribution >= 0.6 is 0 Å². The zero-order valence-corrected chi connectivity index (χ0v) is 15.5. The minimum absolute atomic E-state index is 0.148. The number of benzene rings is 2. The molecular weight excluding hydrogens is 328 g/mol. The third-order valence-corrected chi connectivity index (χ3v) is 4.66. The Morgan fingerprint density at radius 1 is 1.00 bits per heavy atom. The van der Waals surface area contributed by atoms with Crippen LogP contribution in [0.2, 0.25) is 0 Å². The van der Waals surface area contributed by atoms with E-state index in [4.69, 9.17) is 9.47 Å². The number of amides is 1. The fourth-order valence-electron chi connectivity index (χ4n) is 3.10. The Kier molecular flexibility index (Phi) is 6.12. The fourth-order valence-corrected chi connectivity index (χ4v) is 3.10. The molecule has 0 radical (unpaired) electrons. The van der Waals surface area contributed by atoms with Gasteiger partial charge in [0.15, 0.2) is 11.5 Å². The lowest BCUT2D eigenvalue weighted by atomic mass is 10.1. The van der Waals surface area contributed by atoms with Gasteiger partial charge < -0.3 is 14.8 Å². The maximum atomic E-state index is 12.7. The number of para-hydroxylation sites is 1. The molecule has 0 aliphatic carbocycles. The molecule has 0 saturated carbocycles. The predicted molar refractivity (Wildman–Crippen MR) is 102 cm³/mol. The summed E-state index contributed by atoms with van der Waals surface area (Å²) in [5.41, 5.74) is 2.89. The van der Waals surface area contributed by atoms with Gasteiger partial charge in [0.2, 0.25) is 0 Å². The maximum Gasteiger partial charge on any atom is 0.255 e. The largest absolute Gasteiger partial charge is 0.486 e. The Hall–Kier alpha value is -2.53. The molecule has 1 heterocycles. The lowest BCUT2D eigenvalue weighted by Gasteiger charge is -2.21. The van der Waals surface area contributed by atoms with Gasteiger partial charge in [-0.2, -0.15) is 0 Å². The van der Waals surface area contributed by atoms with Crippen molar-refractivity contribution in [2.75, 3.05) is 26.3 Å². The third kappa shape index (κ3) is 4.17. The van der Waals surface area contributed by atoms with Gasteiger partial charge >= 0.3 is 0 Å². The van der Waals surface area contributed by atoms with Gasteiger partial charge in [-0.15, -0.1) is 0 Å². The zero-order chi connectivity index (χ0) is 18.4. The lowest BCUT2D eigenvalue weighted by Crippen LogP contribution is -2.27. The average molecular weight is 354 g/mol. The molecule has 138 valence electrons. The van der Waals surface area contributed by atoms with Crippen LogP contribution in [0, 0.1) is 0 Å². The number of nitrogens with one attached hydrogen (secondary N) is 1. The topological polar surface area (TPSA) is 50.8 Å². The number of hydrogen-bond donors (Lipinski definition) is 1. The van der Waals surface area contributed by atoms with Gasteiger partial charge in [-0.05, 0) is 36.3 Å². The van der Waals surface area contributed by atoms with Crippen molar-refractivity contribution in [1.82, 2.24) is 10.2 Å². The van der Waals surface area contributed by atoms with Crippen LogP contribution in [0.4, 0.5) is 0 Å². The number of carbonyl (C=O) groups is 1. The van der Waals surface area contributed by atoms with Gasteiger partial charge in [-0.1, -0.05) is 44.2 Å². The summed E-state index contributed by atoms with van der Waals surface area (Å²) in [6.45, 7) is 8.68. The second-order valence-electron chi connectivity index (χ2n) is 6.24. The minimum Gasteiger partial charge on any atom is -0.486 e. The lowest BCUT2D eigenvalue weighted by molar-refractivity contribution is 0.0939. The second kappa shape index (κ2) is 8.72. The van der Waals surface area contributed by atoms with E-state index in [1.807, 2.05) is 24.3 Å². The van der Waals surface area contributed by atoms with Gasteiger partial charge in [-0.25, -0.2) is 0 Å². The Labute approximate surface area is 154 Å². The first kappa shape index (κ1) is 18.3. The first-order chi connectivity index (χ1) is 12.7. The number of fused-ring (bicyclic) bond motifs is 1. The smallest absolute Gasteiger partial charge is 0.255 e.